The van der Waals surface area contributed by atoms with E-state index in [0.717, 1.165) is 6.07 Å². The average Bonchev–Trinajstić information content (AvgIpc) is 3.05. The third kappa shape index (κ3) is 2.90. The van der Waals surface area contributed by atoms with E-state index in [1.54, 1.807) is 24.3 Å². The second kappa shape index (κ2) is 6.41. The van der Waals surface area contributed by atoms with Gasteiger partial charge in [-0.2, -0.15) is 5.26 Å². The van der Waals surface area contributed by atoms with E-state index in [9.17, 15) is 20.2 Å². The number of rotatable bonds is 5. The molecule has 3 rings (SSSR count). The SMILES string of the molecule is COc1ccc(C(=O)C(C#N)c2nc3ccccc3[nH]2)cc1[N+](=O)[O-]. The van der Waals surface area contributed by atoms with Crippen LogP contribution in [0.1, 0.15) is 22.1 Å². The van der Waals surface area contributed by atoms with Crippen LogP contribution in [-0.4, -0.2) is 27.8 Å². The van der Waals surface area contributed by atoms with Gasteiger partial charge in [0.2, 0.25) is 0 Å². The Hall–Kier alpha value is -3.73. The summed E-state index contributed by atoms with van der Waals surface area (Å²) in [5, 5.41) is 20.5. The highest BCUT2D eigenvalue weighted by molar-refractivity contribution is 6.03. The molecule has 0 amide bonds. The number of aromatic nitrogens is 2. The largest absolute Gasteiger partial charge is 0.490 e. The maximum Gasteiger partial charge on any atom is 0.311 e. The summed E-state index contributed by atoms with van der Waals surface area (Å²) < 4.78 is 4.92. The Morgan fingerprint density at radius 2 is 2.12 bits per heavy atom. The highest BCUT2D eigenvalue weighted by atomic mass is 16.6. The minimum absolute atomic E-state index is 0.0406. The second-order valence-electron chi connectivity index (χ2n) is 5.21. The highest BCUT2D eigenvalue weighted by Gasteiger charge is 2.27. The van der Waals surface area contributed by atoms with Crippen molar-refractivity contribution >= 4 is 22.5 Å². The van der Waals surface area contributed by atoms with E-state index in [1.165, 1.54) is 19.2 Å². The summed E-state index contributed by atoms with van der Waals surface area (Å²) in [7, 11) is 1.30. The zero-order chi connectivity index (χ0) is 18.0. The predicted octanol–water partition coefficient (Wildman–Crippen LogP) is 2.97. The normalized spacial score (nSPS) is 11.7. The van der Waals surface area contributed by atoms with Gasteiger partial charge in [0.1, 0.15) is 5.82 Å². The number of nitrogens with zero attached hydrogens (tertiary/aromatic N) is 3. The van der Waals surface area contributed by atoms with Gasteiger partial charge in [0, 0.05) is 11.6 Å². The number of ketones is 1. The number of nitrogens with one attached hydrogen (secondary N) is 1. The number of ether oxygens (including phenoxy) is 1. The molecule has 0 aliphatic rings. The molecule has 0 saturated carbocycles. The molecule has 0 radical (unpaired) electrons. The first-order valence-electron chi connectivity index (χ1n) is 7.26. The molecule has 2 aromatic carbocycles. The minimum atomic E-state index is -1.19. The van der Waals surface area contributed by atoms with E-state index in [0.29, 0.717) is 11.0 Å². The number of fused-ring (bicyclic) bond motifs is 1. The molecule has 1 N–H and O–H groups in total. The van der Waals surface area contributed by atoms with Gasteiger partial charge >= 0.3 is 5.69 Å². The first kappa shape index (κ1) is 16.1. The Morgan fingerprint density at radius 3 is 2.76 bits per heavy atom. The van der Waals surface area contributed by atoms with Crippen LogP contribution in [0.15, 0.2) is 42.5 Å². The molecular weight excluding hydrogens is 324 g/mol. The zero-order valence-electron chi connectivity index (χ0n) is 13.1. The van der Waals surface area contributed by atoms with E-state index in [2.05, 4.69) is 9.97 Å². The van der Waals surface area contributed by atoms with Gasteiger partial charge in [-0.1, -0.05) is 12.1 Å². The minimum Gasteiger partial charge on any atom is -0.490 e. The Kier molecular flexibility index (Phi) is 4.14. The monoisotopic (exact) mass is 336 g/mol. The molecule has 0 saturated heterocycles. The lowest BCUT2D eigenvalue weighted by Gasteiger charge is -2.07. The van der Waals surface area contributed by atoms with E-state index >= 15 is 0 Å². The number of carbonyl (C=O) groups is 1. The number of para-hydroxylation sites is 2. The summed E-state index contributed by atoms with van der Waals surface area (Å²) in [4.78, 5) is 30.4. The molecule has 1 aromatic heterocycles. The molecule has 8 heteroatoms. The lowest BCUT2D eigenvalue weighted by molar-refractivity contribution is -0.385. The first-order valence-corrected chi connectivity index (χ1v) is 7.26. The topological polar surface area (TPSA) is 122 Å². The van der Waals surface area contributed by atoms with Gasteiger partial charge in [-0.05, 0) is 24.3 Å². The summed E-state index contributed by atoms with van der Waals surface area (Å²) in [6, 6.07) is 12.9. The van der Waals surface area contributed by atoms with Gasteiger partial charge in [-0.15, -0.1) is 0 Å². The third-order valence-corrected chi connectivity index (χ3v) is 3.73. The van der Waals surface area contributed by atoms with Crippen LogP contribution < -0.4 is 4.74 Å². The number of methoxy groups -OCH3 is 1. The molecule has 124 valence electrons. The van der Waals surface area contributed by atoms with Crippen molar-refractivity contribution in [2.45, 2.75) is 5.92 Å². The van der Waals surface area contributed by atoms with Crippen molar-refractivity contribution in [1.29, 1.82) is 5.26 Å². The summed E-state index contributed by atoms with van der Waals surface area (Å²) in [5.74, 6) is -1.53. The zero-order valence-corrected chi connectivity index (χ0v) is 13.1. The Bertz CT molecular complexity index is 986. The molecule has 0 aliphatic carbocycles. The molecular formula is C17H12N4O4. The molecule has 1 heterocycles. The molecule has 25 heavy (non-hydrogen) atoms. The summed E-state index contributed by atoms with van der Waals surface area (Å²) in [5.41, 5.74) is 1.03. The van der Waals surface area contributed by atoms with Crippen LogP contribution in [0.5, 0.6) is 5.75 Å². The van der Waals surface area contributed by atoms with Crippen LogP contribution in [0.2, 0.25) is 0 Å². The number of nitro groups is 1. The van der Waals surface area contributed by atoms with Gasteiger partial charge in [0.05, 0.1) is 29.1 Å². The molecule has 0 fully saturated rings. The molecule has 0 bridgehead atoms. The number of imidazole rings is 1. The van der Waals surface area contributed by atoms with E-state index in [-0.39, 0.29) is 22.8 Å². The summed E-state index contributed by atoms with van der Waals surface area (Å²) in [6.07, 6.45) is 0. The number of nitriles is 1. The van der Waals surface area contributed by atoms with Crippen LogP contribution >= 0.6 is 0 Å². The number of benzene rings is 2. The quantitative estimate of drug-likeness (QED) is 0.434. The molecule has 1 atom stereocenters. The molecule has 0 spiro atoms. The highest BCUT2D eigenvalue weighted by Crippen LogP contribution is 2.30. The first-order chi connectivity index (χ1) is 12.0. The van der Waals surface area contributed by atoms with Crippen LogP contribution in [0.4, 0.5) is 5.69 Å². The fourth-order valence-electron chi connectivity index (χ4n) is 2.51. The number of H-pyrrole nitrogens is 1. The van der Waals surface area contributed by atoms with Gasteiger partial charge in [0.15, 0.2) is 17.5 Å². The van der Waals surface area contributed by atoms with Crippen LogP contribution in [-0.2, 0) is 0 Å². The lowest BCUT2D eigenvalue weighted by atomic mass is 9.97. The van der Waals surface area contributed by atoms with Crippen molar-refractivity contribution in [3.05, 3.63) is 64.0 Å². The van der Waals surface area contributed by atoms with E-state index in [1.807, 2.05) is 6.07 Å². The van der Waals surface area contributed by atoms with Crippen molar-refractivity contribution in [2.75, 3.05) is 7.11 Å². The van der Waals surface area contributed by atoms with E-state index in [4.69, 9.17) is 4.74 Å². The van der Waals surface area contributed by atoms with Gasteiger partial charge < -0.3 is 9.72 Å². The number of hydrogen-bond acceptors (Lipinski definition) is 6. The Morgan fingerprint density at radius 1 is 1.36 bits per heavy atom. The maximum atomic E-state index is 12.7. The van der Waals surface area contributed by atoms with E-state index < -0.39 is 16.6 Å². The Balaban J connectivity index is 2.02. The van der Waals surface area contributed by atoms with Crippen LogP contribution in [0.25, 0.3) is 11.0 Å². The van der Waals surface area contributed by atoms with Crippen molar-refractivity contribution in [2.24, 2.45) is 0 Å². The van der Waals surface area contributed by atoms with Gasteiger partial charge in [-0.3, -0.25) is 14.9 Å². The molecule has 8 nitrogen and oxygen atoms in total. The second-order valence-corrected chi connectivity index (χ2v) is 5.21. The number of Topliss-reactive ketones (excluding diaryl/α,β-unsaturated/α-hetero) is 1. The number of aromatic amines is 1. The van der Waals surface area contributed by atoms with Crippen molar-refractivity contribution < 1.29 is 14.5 Å². The fourth-order valence-corrected chi connectivity index (χ4v) is 2.51. The standard InChI is InChI=1S/C17H12N4O4/c1-25-15-7-6-10(8-14(15)21(23)24)16(22)11(9-18)17-19-12-4-2-3-5-13(12)20-17/h2-8,11H,1H3,(H,19,20). The summed E-state index contributed by atoms with van der Waals surface area (Å²) in [6.45, 7) is 0. The summed E-state index contributed by atoms with van der Waals surface area (Å²) >= 11 is 0. The third-order valence-electron chi connectivity index (χ3n) is 3.73. The predicted molar refractivity (Wildman–Crippen MR) is 88.4 cm³/mol. The lowest BCUT2D eigenvalue weighted by Crippen LogP contribution is -2.13. The number of hydrogen-bond donors (Lipinski definition) is 1. The average molecular weight is 336 g/mol. The number of carbonyl (C=O) groups excluding carboxylic acids is 1. The smallest absolute Gasteiger partial charge is 0.311 e. The fraction of sp³-hybridized carbons (Fsp3) is 0.118. The van der Waals surface area contributed by atoms with Crippen molar-refractivity contribution in [3.8, 4) is 11.8 Å². The Labute approximate surface area is 141 Å². The van der Waals surface area contributed by atoms with Crippen LogP contribution in [0, 0.1) is 21.4 Å². The van der Waals surface area contributed by atoms with Crippen molar-refractivity contribution in [3.63, 3.8) is 0 Å². The molecule has 0 aliphatic heterocycles. The van der Waals surface area contributed by atoms with Gasteiger partial charge in [0.25, 0.3) is 0 Å². The molecule has 3 aromatic rings. The maximum absolute atomic E-state index is 12.7. The van der Waals surface area contributed by atoms with Crippen LogP contribution in [0.3, 0.4) is 0 Å². The van der Waals surface area contributed by atoms with Crippen molar-refractivity contribution in [1.82, 2.24) is 9.97 Å². The van der Waals surface area contributed by atoms with Gasteiger partial charge in [-0.25, -0.2) is 4.98 Å². The molecule has 1 unspecified atom stereocenters. The number of nitro benzene ring substituents is 1.